The van der Waals surface area contributed by atoms with Gasteiger partial charge < -0.3 is 9.42 Å². The third-order valence-corrected chi connectivity index (χ3v) is 4.66. The Morgan fingerprint density at radius 1 is 1.21 bits per heavy atom. The van der Waals surface area contributed by atoms with Crippen molar-refractivity contribution in [2.24, 2.45) is 5.92 Å². The predicted molar refractivity (Wildman–Crippen MR) is 71.6 cm³/mol. The topological polar surface area (TPSA) is 46.3 Å². The number of hydrogen-bond acceptors (Lipinski definition) is 3. The Morgan fingerprint density at radius 3 is 2.58 bits per heavy atom. The van der Waals surface area contributed by atoms with Crippen LogP contribution in [-0.2, 0) is 4.79 Å². The summed E-state index contributed by atoms with van der Waals surface area (Å²) in [5.41, 5.74) is 2.08. The Kier molecular flexibility index (Phi) is 3.33. The molecule has 4 heteroatoms. The quantitative estimate of drug-likeness (QED) is 0.822. The summed E-state index contributed by atoms with van der Waals surface area (Å²) >= 11 is 0. The summed E-state index contributed by atoms with van der Waals surface area (Å²) in [5.74, 6) is 1.50. The zero-order chi connectivity index (χ0) is 13.4. The van der Waals surface area contributed by atoms with Gasteiger partial charge >= 0.3 is 0 Å². The summed E-state index contributed by atoms with van der Waals surface area (Å²) in [6.45, 7) is 4.82. The lowest BCUT2D eigenvalue weighted by Crippen LogP contribution is -2.35. The average Bonchev–Trinajstić information content (AvgIpc) is 3.10. The molecular weight excluding hydrogens is 240 g/mol. The third-order valence-electron chi connectivity index (χ3n) is 4.66. The molecule has 1 amide bonds. The van der Waals surface area contributed by atoms with Crippen molar-refractivity contribution < 1.29 is 9.32 Å². The molecule has 3 rings (SSSR count). The molecule has 19 heavy (non-hydrogen) atoms. The van der Waals surface area contributed by atoms with E-state index in [0.29, 0.717) is 5.91 Å². The fourth-order valence-corrected chi connectivity index (χ4v) is 3.70. The molecule has 0 radical (unpaired) electrons. The maximum Gasteiger partial charge on any atom is 0.226 e. The summed E-state index contributed by atoms with van der Waals surface area (Å²) in [5, 5.41) is 4.04. The van der Waals surface area contributed by atoms with Crippen molar-refractivity contribution in [2.75, 3.05) is 6.54 Å². The molecule has 104 valence electrons. The molecule has 4 nitrogen and oxygen atoms in total. The second kappa shape index (κ2) is 4.99. The van der Waals surface area contributed by atoms with Crippen LogP contribution in [0.25, 0.3) is 0 Å². The van der Waals surface area contributed by atoms with Gasteiger partial charge in [-0.1, -0.05) is 18.0 Å². The van der Waals surface area contributed by atoms with Gasteiger partial charge in [-0.25, -0.2) is 0 Å². The zero-order valence-electron chi connectivity index (χ0n) is 11.8. The monoisotopic (exact) mass is 262 g/mol. The van der Waals surface area contributed by atoms with Gasteiger partial charge in [0.1, 0.15) is 5.76 Å². The molecule has 1 aromatic rings. The van der Waals surface area contributed by atoms with E-state index in [1.807, 2.05) is 13.8 Å². The molecule has 1 saturated carbocycles. The highest BCUT2D eigenvalue weighted by Crippen LogP contribution is 2.38. The first kappa shape index (κ1) is 12.7. The first-order chi connectivity index (χ1) is 9.18. The third kappa shape index (κ3) is 2.17. The first-order valence-corrected chi connectivity index (χ1v) is 7.41. The van der Waals surface area contributed by atoms with Crippen LogP contribution < -0.4 is 0 Å². The molecule has 2 fully saturated rings. The minimum atomic E-state index is 0.194. The van der Waals surface area contributed by atoms with Crippen LogP contribution in [0.1, 0.15) is 61.6 Å². The molecular formula is C15H22N2O2. The van der Waals surface area contributed by atoms with Crippen molar-refractivity contribution in [1.82, 2.24) is 10.1 Å². The fraction of sp³-hybridized carbons (Fsp3) is 0.733. The largest absolute Gasteiger partial charge is 0.361 e. The molecule has 0 unspecified atom stereocenters. The van der Waals surface area contributed by atoms with E-state index in [9.17, 15) is 4.79 Å². The van der Waals surface area contributed by atoms with E-state index in [2.05, 4.69) is 10.1 Å². The molecule has 1 aliphatic carbocycles. The molecule has 1 aromatic heterocycles. The molecule has 1 saturated heterocycles. The lowest BCUT2D eigenvalue weighted by molar-refractivity contribution is -0.136. The highest BCUT2D eigenvalue weighted by Gasteiger charge is 2.37. The van der Waals surface area contributed by atoms with Gasteiger partial charge in [0, 0.05) is 18.0 Å². The minimum absolute atomic E-state index is 0.194. The van der Waals surface area contributed by atoms with E-state index < -0.39 is 0 Å². The van der Waals surface area contributed by atoms with Crippen molar-refractivity contribution in [3.05, 3.63) is 17.0 Å². The van der Waals surface area contributed by atoms with E-state index in [0.717, 1.165) is 49.2 Å². The molecule has 2 heterocycles. The number of nitrogens with zero attached hydrogens (tertiary/aromatic N) is 2. The van der Waals surface area contributed by atoms with Crippen LogP contribution in [-0.4, -0.2) is 22.5 Å². The number of carbonyl (C=O) groups is 1. The van der Waals surface area contributed by atoms with Crippen LogP contribution in [0, 0.1) is 19.8 Å². The molecule has 1 aliphatic heterocycles. The van der Waals surface area contributed by atoms with E-state index in [4.69, 9.17) is 4.52 Å². The number of hydrogen-bond donors (Lipinski definition) is 0. The fourth-order valence-electron chi connectivity index (χ4n) is 3.70. The predicted octanol–water partition coefficient (Wildman–Crippen LogP) is 3.15. The number of amides is 1. The van der Waals surface area contributed by atoms with Gasteiger partial charge in [0.2, 0.25) is 5.91 Å². The van der Waals surface area contributed by atoms with Crippen molar-refractivity contribution in [3.63, 3.8) is 0 Å². The van der Waals surface area contributed by atoms with Crippen molar-refractivity contribution in [3.8, 4) is 0 Å². The van der Waals surface area contributed by atoms with E-state index in [1.54, 1.807) is 0 Å². The Balaban J connectivity index is 1.83. The Morgan fingerprint density at radius 2 is 1.95 bits per heavy atom. The number of rotatable bonds is 2. The van der Waals surface area contributed by atoms with E-state index in [-0.39, 0.29) is 12.0 Å². The Bertz CT molecular complexity index is 455. The molecule has 0 N–H and O–H groups in total. The maximum atomic E-state index is 12.7. The van der Waals surface area contributed by atoms with Gasteiger partial charge in [-0.3, -0.25) is 4.79 Å². The lowest BCUT2D eigenvalue weighted by Gasteiger charge is -2.27. The highest BCUT2D eigenvalue weighted by atomic mass is 16.5. The van der Waals surface area contributed by atoms with Crippen molar-refractivity contribution in [1.29, 1.82) is 0 Å². The van der Waals surface area contributed by atoms with Gasteiger partial charge in [-0.2, -0.15) is 0 Å². The standard InChI is InChI=1S/C15H22N2O2/c1-10-14(11(2)19-16-10)13-8-5-9-17(13)15(18)12-6-3-4-7-12/h12-13H,3-9H2,1-2H3/t13-/m1/s1. The maximum absolute atomic E-state index is 12.7. The second-order valence-electron chi connectivity index (χ2n) is 5.91. The van der Waals surface area contributed by atoms with Crippen LogP contribution in [0.3, 0.4) is 0 Å². The van der Waals surface area contributed by atoms with Crippen LogP contribution in [0.4, 0.5) is 0 Å². The Labute approximate surface area is 114 Å². The highest BCUT2D eigenvalue weighted by molar-refractivity contribution is 5.80. The van der Waals surface area contributed by atoms with Gasteiger partial charge in [0.25, 0.3) is 0 Å². The van der Waals surface area contributed by atoms with E-state index in [1.165, 1.54) is 12.8 Å². The first-order valence-electron chi connectivity index (χ1n) is 7.41. The van der Waals surface area contributed by atoms with Crippen LogP contribution >= 0.6 is 0 Å². The van der Waals surface area contributed by atoms with Gasteiger partial charge in [0.15, 0.2) is 0 Å². The van der Waals surface area contributed by atoms with Crippen LogP contribution in [0.2, 0.25) is 0 Å². The van der Waals surface area contributed by atoms with Crippen LogP contribution in [0.5, 0.6) is 0 Å². The lowest BCUT2D eigenvalue weighted by atomic mass is 10.0. The average molecular weight is 262 g/mol. The SMILES string of the molecule is Cc1noc(C)c1[C@H]1CCCN1C(=O)C1CCCC1. The molecule has 0 bridgehead atoms. The number of aryl methyl sites for hydroxylation is 2. The van der Waals surface area contributed by atoms with Crippen LogP contribution in [0.15, 0.2) is 4.52 Å². The van der Waals surface area contributed by atoms with Gasteiger partial charge in [0.05, 0.1) is 11.7 Å². The van der Waals surface area contributed by atoms with Crippen molar-refractivity contribution in [2.45, 2.75) is 58.4 Å². The minimum Gasteiger partial charge on any atom is -0.361 e. The normalized spacial score (nSPS) is 24.3. The smallest absolute Gasteiger partial charge is 0.226 e. The summed E-state index contributed by atoms with van der Waals surface area (Å²) in [6.07, 6.45) is 6.70. The molecule has 1 atom stereocenters. The molecule has 2 aliphatic rings. The summed E-state index contributed by atoms with van der Waals surface area (Å²) in [7, 11) is 0. The number of carbonyl (C=O) groups excluding carboxylic acids is 1. The Hall–Kier alpha value is -1.32. The summed E-state index contributed by atoms with van der Waals surface area (Å²) < 4.78 is 5.27. The summed E-state index contributed by atoms with van der Waals surface area (Å²) in [6, 6.07) is 0.194. The second-order valence-corrected chi connectivity index (χ2v) is 5.91. The summed E-state index contributed by atoms with van der Waals surface area (Å²) in [4.78, 5) is 14.7. The van der Waals surface area contributed by atoms with E-state index >= 15 is 0 Å². The van der Waals surface area contributed by atoms with Crippen molar-refractivity contribution >= 4 is 5.91 Å². The zero-order valence-corrected chi connectivity index (χ0v) is 11.8. The number of aromatic nitrogens is 1. The molecule has 0 aromatic carbocycles. The molecule has 0 spiro atoms. The van der Waals surface area contributed by atoms with Gasteiger partial charge in [-0.15, -0.1) is 0 Å². The number of likely N-dealkylation sites (tertiary alicyclic amines) is 1. The van der Waals surface area contributed by atoms with Gasteiger partial charge in [-0.05, 0) is 39.5 Å².